The molecule has 2 aliphatic heterocycles. The number of benzene rings is 1. The number of alkyl halides is 3. The first-order chi connectivity index (χ1) is 13.0. The molecule has 0 saturated carbocycles. The van der Waals surface area contributed by atoms with Crippen LogP contribution in [0.25, 0.3) is 0 Å². The monoisotopic (exact) mass is 419 g/mol. The van der Waals surface area contributed by atoms with Gasteiger partial charge in [0.25, 0.3) is 0 Å². The van der Waals surface area contributed by atoms with Crippen molar-refractivity contribution in [2.75, 3.05) is 6.54 Å². The van der Waals surface area contributed by atoms with Gasteiger partial charge >= 0.3 is 6.18 Å². The molecule has 0 aliphatic carbocycles. The van der Waals surface area contributed by atoms with Crippen molar-refractivity contribution in [2.45, 2.75) is 55.4 Å². The lowest BCUT2D eigenvalue weighted by molar-refractivity contribution is -0.151. The zero-order chi connectivity index (χ0) is 20.7. The first-order valence-electron chi connectivity index (χ1n) is 8.83. The highest BCUT2D eigenvalue weighted by atomic mass is 32.2. The fraction of sp³-hybridized carbons (Fsp3) is 0.529. The van der Waals surface area contributed by atoms with Crippen LogP contribution in [0.1, 0.15) is 31.7 Å². The van der Waals surface area contributed by atoms with E-state index in [-0.39, 0.29) is 31.2 Å². The molecule has 2 saturated heterocycles. The van der Waals surface area contributed by atoms with Gasteiger partial charge in [0, 0.05) is 12.6 Å². The van der Waals surface area contributed by atoms with Gasteiger partial charge in [-0.25, -0.2) is 13.1 Å². The molecule has 1 aromatic rings. The zero-order valence-corrected chi connectivity index (χ0v) is 15.8. The third kappa shape index (κ3) is 4.00. The summed E-state index contributed by atoms with van der Waals surface area (Å²) in [6, 6.07) is 1.42. The molecule has 1 aromatic carbocycles. The van der Waals surface area contributed by atoms with E-state index >= 15 is 0 Å². The predicted octanol–water partition coefficient (Wildman–Crippen LogP) is 1.25. The molecule has 7 nitrogen and oxygen atoms in total. The van der Waals surface area contributed by atoms with E-state index in [0.717, 1.165) is 18.2 Å². The minimum Gasteiger partial charge on any atom is -0.343 e. The Morgan fingerprint density at radius 1 is 1.29 bits per heavy atom. The van der Waals surface area contributed by atoms with Gasteiger partial charge in [0.2, 0.25) is 21.8 Å². The number of nitrogens with zero attached hydrogens (tertiary/aromatic N) is 1. The number of hydrogen-bond acceptors (Lipinski definition) is 4. The highest BCUT2D eigenvalue weighted by Gasteiger charge is 2.44. The lowest BCUT2D eigenvalue weighted by Crippen LogP contribution is -2.66. The summed E-state index contributed by atoms with van der Waals surface area (Å²) in [7, 11) is -4.21. The van der Waals surface area contributed by atoms with Crippen molar-refractivity contribution in [3.8, 4) is 0 Å². The molecule has 154 valence electrons. The summed E-state index contributed by atoms with van der Waals surface area (Å²) in [5.41, 5.74) is -1.06. The minimum atomic E-state index is -4.66. The number of rotatable bonds is 4. The van der Waals surface area contributed by atoms with Crippen LogP contribution in [0.4, 0.5) is 13.2 Å². The van der Waals surface area contributed by atoms with E-state index in [9.17, 15) is 31.2 Å². The van der Waals surface area contributed by atoms with Crippen LogP contribution >= 0.6 is 0 Å². The van der Waals surface area contributed by atoms with E-state index in [4.69, 9.17) is 0 Å². The third-order valence-corrected chi connectivity index (χ3v) is 6.52. The largest absolute Gasteiger partial charge is 0.416 e. The summed E-state index contributed by atoms with van der Waals surface area (Å²) in [6.07, 6.45) is -3.87. The number of halogens is 3. The van der Waals surface area contributed by atoms with E-state index in [2.05, 4.69) is 10.0 Å². The Morgan fingerprint density at radius 2 is 2.00 bits per heavy atom. The van der Waals surface area contributed by atoms with Gasteiger partial charge in [0.1, 0.15) is 12.1 Å². The molecule has 0 radical (unpaired) electrons. The smallest absolute Gasteiger partial charge is 0.343 e. The summed E-state index contributed by atoms with van der Waals surface area (Å²) in [6.45, 7) is 1.97. The van der Waals surface area contributed by atoms with Crippen molar-refractivity contribution in [1.29, 1.82) is 0 Å². The fourth-order valence-electron chi connectivity index (χ4n) is 3.52. The quantitative estimate of drug-likeness (QED) is 0.768. The second-order valence-electron chi connectivity index (χ2n) is 6.89. The number of carbonyl (C=O) groups is 2. The summed E-state index contributed by atoms with van der Waals surface area (Å²) < 4.78 is 66.0. The molecule has 0 aromatic heterocycles. The van der Waals surface area contributed by atoms with Gasteiger partial charge in [-0.05, 0) is 37.5 Å². The van der Waals surface area contributed by atoms with Crippen molar-refractivity contribution < 1.29 is 31.2 Å². The molecule has 0 bridgehead atoms. The molecule has 2 heterocycles. The van der Waals surface area contributed by atoms with E-state index < -0.39 is 44.8 Å². The van der Waals surface area contributed by atoms with Crippen molar-refractivity contribution in [1.82, 2.24) is 14.9 Å². The molecule has 28 heavy (non-hydrogen) atoms. The predicted molar refractivity (Wildman–Crippen MR) is 92.5 cm³/mol. The van der Waals surface area contributed by atoms with Crippen molar-refractivity contribution >= 4 is 21.8 Å². The number of hydrogen-bond donors (Lipinski definition) is 2. The van der Waals surface area contributed by atoms with Crippen molar-refractivity contribution in [2.24, 2.45) is 0 Å². The van der Waals surface area contributed by atoms with Crippen LogP contribution < -0.4 is 10.0 Å². The minimum absolute atomic E-state index is 0.0617. The van der Waals surface area contributed by atoms with Crippen LogP contribution in [0, 0.1) is 0 Å². The highest BCUT2D eigenvalue weighted by Crippen LogP contribution is 2.31. The van der Waals surface area contributed by atoms with E-state index in [1.165, 1.54) is 4.90 Å². The fourth-order valence-corrected chi connectivity index (χ4v) is 4.85. The lowest BCUT2D eigenvalue weighted by Gasteiger charge is -2.43. The molecule has 2 aliphatic rings. The van der Waals surface area contributed by atoms with Crippen LogP contribution in [0.3, 0.4) is 0 Å². The van der Waals surface area contributed by atoms with Gasteiger partial charge in [-0.15, -0.1) is 0 Å². The summed E-state index contributed by atoms with van der Waals surface area (Å²) in [4.78, 5) is 25.6. The Hall–Kier alpha value is -2.14. The Kier molecular flexibility index (Phi) is 5.41. The third-order valence-electron chi connectivity index (χ3n) is 5.00. The lowest BCUT2D eigenvalue weighted by atomic mass is 9.93. The average molecular weight is 419 g/mol. The van der Waals surface area contributed by atoms with Gasteiger partial charge in [-0.3, -0.25) is 9.59 Å². The number of sulfonamides is 1. The number of amides is 2. The van der Waals surface area contributed by atoms with Crippen LogP contribution in [-0.2, 0) is 25.8 Å². The second kappa shape index (κ2) is 7.36. The van der Waals surface area contributed by atoms with E-state index in [1.54, 1.807) is 6.92 Å². The molecule has 2 fully saturated rings. The van der Waals surface area contributed by atoms with Crippen LogP contribution in [0.2, 0.25) is 0 Å². The van der Waals surface area contributed by atoms with Crippen molar-refractivity contribution in [3.05, 3.63) is 29.8 Å². The molecular weight excluding hydrogens is 399 g/mol. The first kappa shape index (κ1) is 20.6. The van der Waals surface area contributed by atoms with Crippen molar-refractivity contribution in [3.63, 3.8) is 0 Å². The SMILES string of the molecule is CCC1NC(=O)C2CC(NS(=O)(=O)c3cccc(C(F)(F)F)c3)CCN2C1=O. The Bertz CT molecular complexity index is 888. The van der Waals surface area contributed by atoms with E-state index in [0.29, 0.717) is 12.5 Å². The maximum atomic E-state index is 12.8. The van der Waals surface area contributed by atoms with Gasteiger partial charge in [0.05, 0.1) is 10.5 Å². The highest BCUT2D eigenvalue weighted by molar-refractivity contribution is 7.89. The number of nitrogens with one attached hydrogen (secondary N) is 2. The maximum Gasteiger partial charge on any atom is 0.416 e. The summed E-state index contributed by atoms with van der Waals surface area (Å²) >= 11 is 0. The van der Waals surface area contributed by atoms with Crippen LogP contribution in [0.5, 0.6) is 0 Å². The molecular formula is C17H20F3N3O4S. The molecule has 2 N–H and O–H groups in total. The van der Waals surface area contributed by atoms with Gasteiger partial charge in [-0.2, -0.15) is 13.2 Å². The Balaban J connectivity index is 1.75. The molecule has 11 heteroatoms. The van der Waals surface area contributed by atoms with Gasteiger partial charge in [0.15, 0.2) is 0 Å². The maximum absolute atomic E-state index is 12.8. The first-order valence-corrected chi connectivity index (χ1v) is 10.3. The molecule has 2 amide bonds. The standard InChI is InChI=1S/C17H20F3N3O4S/c1-2-13-16(25)23-7-6-11(9-14(23)15(24)21-13)22-28(26,27)12-5-3-4-10(8-12)17(18,19)20/h3-5,8,11,13-14,22H,2,6-7,9H2,1H3,(H,21,24). The second-order valence-corrected chi connectivity index (χ2v) is 8.60. The molecule has 0 spiro atoms. The average Bonchev–Trinajstić information content (AvgIpc) is 2.63. The number of piperidine rings is 1. The Morgan fingerprint density at radius 3 is 2.64 bits per heavy atom. The van der Waals surface area contributed by atoms with Gasteiger partial charge < -0.3 is 10.2 Å². The van der Waals surface area contributed by atoms with E-state index in [1.807, 2.05) is 0 Å². The number of piperazine rings is 1. The van der Waals surface area contributed by atoms with Crippen LogP contribution in [-0.4, -0.2) is 49.8 Å². The van der Waals surface area contributed by atoms with Crippen LogP contribution in [0.15, 0.2) is 29.2 Å². The number of fused-ring (bicyclic) bond motifs is 1. The topological polar surface area (TPSA) is 95.6 Å². The summed E-state index contributed by atoms with van der Waals surface area (Å²) in [5, 5.41) is 2.62. The molecule has 3 unspecified atom stereocenters. The number of carbonyl (C=O) groups excluding carboxylic acids is 2. The zero-order valence-electron chi connectivity index (χ0n) is 15.0. The normalized spacial score (nSPS) is 26.0. The molecule has 3 rings (SSSR count). The summed E-state index contributed by atoms with van der Waals surface area (Å²) in [5.74, 6) is -0.555. The van der Waals surface area contributed by atoms with Gasteiger partial charge in [-0.1, -0.05) is 13.0 Å². The Labute approximate surface area is 160 Å². The molecule has 3 atom stereocenters.